The van der Waals surface area contributed by atoms with E-state index in [1.54, 1.807) is 35.0 Å². The lowest BCUT2D eigenvalue weighted by Crippen LogP contribution is -1.88. The van der Waals surface area contributed by atoms with Crippen LogP contribution in [0.5, 0.6) is 0 Å². The molecule has 0 aromatic heterocycles. The number of halogens is 1. The number of nitrogens with zero attached hydrogens (tertiary/aromatic N) is 2. The summed E-state index contributed by atoms with van der Waals surface area (Å²) in [7, 11) is 0. The summed E-state index contributed by atoms with van der Waals surface area (Å²) in [6.07, 6.45) is 6.74. The topological polar surface area (TPSA) is 60.6 Å². The fourth-order valence-corrected chi connectivity index (χ4v) is 0.437. The van der Waals surface area contributed by atoms with E-state index in [9.17, 15) is 0 Å². The highest BCUT2D eigenvalue weighted by molar-refractivity contribution is 14.1. The Hall–Kier alpha value is -0.720. The zero-order valence-corrected chi connectivity index (χ0v) is 8.24. The van der Waals surface area contributed by atoms with E-state index in [1.807, 2.05) is 13.0 Å². The SMILES string of the molecule is C/C=C\N/C=C\N=N/C(=N)I. The van der Waals surface area contributed by atoms with Crippen LogP contribution in [-0.2, 0) is 0 Å². The molecule has 2 N–H and O–H groups in total. The summed E-state index contributed by atoms with van der Waals surface area (Å²) in [6, 6.07) is 0. The number of amidine groups is 1. The number of rotatable bonds is 3. The monoisotopic (exact) mass is 264 g/mol. The molecule has 0 aromatic carbocycles. The van der Waals surface area contributed by atoms with Gasteiger partial charge in [0, 0.05) is 28.8 Å². The molecule has 0 aromatic rings. The molecule has 0 aliphatic carbocycles. The second-order valence-corrected chi connectivity index (χ2v) is 2.51. The van der Waals surface area contributed by atoms with E-state index in [-0.39, 0.29) is 3.84 Å². The van der Waals surface area contributed by atoms with Gasteiger partial charge in [0.15, 0.2) is 0 Å². The number of azo groups is 1. The van der Waals surface area contributed by atoms with E-state index >= 15 is 0 Å². The fourth-order valence-electron chi connectivity index (χ4n) is 0.312. The van der Waals surface area contributed by atoms with Crippen molar-refractivity contribution in [3.8, 4) is 0 Å². The number of hydrogen-bond acceptors (Lipinski definition) is 3. The Morgan fingerprint density at radius 2 is 2.27 bits per heavy atom. The number of hydrogen-bond donors (Lipinski definition) is 2. The van der Waals surface area contributed by atoms with E-state index in [1.165, 1.54) is 6.20 Å². The lowest BCUT2D eigenvalue weighted by Gasteiger charge is -1.83. The van der Waals surface area contributed by atoms with E-state index in [2.05, 4.69) is 15.5 Å². The summed E-state index contributed by atoms with van der Waals surface area (Å²) < 4.78 is 0.165. The lowest BCUT2D eigenvalue weighted by molar-refractivity contribution is 1.15. The Morgan fingerprint density at radius 1 is 1.55 bits per heavy atom. The van der Waals surface area contributed by atoms with Gasteiger partial charge in [-0.3, -0.25) is 5.41 Å². The van der Waals surface area contributed by atoms with Crippen molar-refractivity contribution < 1.29 is 0 Å². The van der Waals surface area contributed by atoms with Crippen LogP contribution in [0, 0.1) is 5.41 Å². The average Bonchev–Trinajstić information content (AvgIpc) is 1.96. The first-order chi connectivity index (χ1) is 5.27. The van der Waals surface area contributed by atoms with Gasteiger partial charge in [-0.15, -0.1) is 5.11 Å². The summed E-state index contributed by atoms with van der Waals surface area (Å²) in [5, 5.41) is 16.7. The van der Waals surface area contributed by atoms with Gasteiger partial charge in [0.25, 0.3) is 0 Å². The molecule has 4 nitrogen and oxygen atoms in total. The maximum Gasteiger partial charge on any atom is 0.204 e. The minimum absolute atomic E-state index is 0.165. The highest BCUT2D eigenvalue weighted by Crippen LogP contribution is 1.88. The molecular formula is C6H9IN4. The van der Waals surface area contributed by atoms with Crippen molar-refractivity contribution in [3.05, 3.63) is 24.7 Å². The Morgan fingerprint density at radius 3 is 2.82 bits per heavy atom. The Balaban J connectivity index is 3.52. The molecule has 0 aliphatic rings. The molecule has 0 saturated carbocycles. The summed E-state index contributed by atoms with van der Waals surface area (Å²) in [6.45, 7) is 1.91. The predicted molar refractivity (Wildman–Crippen MR) is 53.7 cm³/mol. The average molecular weight is 264 g/mol. The largest absolute Gasteiger partial charge is 0.367 e. The van der Waals surface area contributed by atoms with Gasteiger partial charge in [-0.1, -0.05) is 6.08 Å². The van der Waals surface area contributed by atoms with Gasteiger partial charge in [0.1, 0.15) is 0 Å². The zero-order chi connectivity index (χ0) is 8.53. The first-order valence-electron chi connectivity index (χ1n) is 2.94. The van der Waals surface area contributed by atoms with Crippen LogP contribution in [0.1, 0.15) is 6.92 Å². The summed E-state index contributed by atoms with van der Waals surface area (Å²) in [5.74, 6) is 0. The van der Waals surface area contributed by atoms with Crippen molar-refractivity contribution in [3.63, 3.8) is 0 Å². The third-order valence-corrected chi connectivity index (χ3v) is 0.862. The molecule has 0 aliphatic heterocycles. The van der Waals surface area contributed by atoms with Crippen LogP contribution in [0.2, 0.25) is 0 Å². The standard InChI is InChI=1S/C6H9IN4/c1-2-3-9-4-5-10-11-6(7)8/h2-5,8-9H,1H3/b3-2-,5-4-,8-6?,11-10-. The van der Waals surface area contributed by atoms with E-state index in [0.717, 1.165) is 0 Å². The molecule has 0 heterocycles. The molecule has 0 saturated heterocycles. The van der Waals surface area contributed by atoms with Crippen LogP contribution in [0.4, 0.5) is 0 Å². The number of allylic oxidation sites excluding steroid dienone is 1. The maximum absolute atomic E-state index is 6.87. The van der Waals surface area contributed by atoms with E-state index < -0.39 is 0 Å². The lowest BCUT2D eigenvalue weighted by atomic mass is 10.7. The van der Waals surface area contributed by atoms with Crippen molar-refractivity contribution in [1.82, 2.24) is 5.32 Å². The second kappa shape index (κ2) is 7.39. The highest BCUT2D eigenvalue weighted by Gasteiger charge is 1.75. The van der Waals surface area contributed by atoms with Crippen LogP contribution >= 0.6 is 22.6 Å². The quantitative estimate of drug-likeness (QED) is 0.265. The van der Waals surface area contributed by atoms with Gasteiger partial charge in [-0.05, 0) is 13.1 Å². The zero-order valence-electron chi connectivity index (χ0n) is 6.08. The van der Waals surface area contributed by atoms with Gasteiger partial charge in [-0.2, -0.15) is 5.11 Å². The molecule has 11 heavy (non-hydrogen) atoms. The van der Waals surface area contributed by atoms with Gasteiger partial charge in [-0.25, -0.2) is 0 Å². The maximum atomic E-state index is 6.87. The van der Waals surface area contributed by atoms with Gasteiger partial charge in [0.05, 0.1) is 6.20 Å². The fraction of sp³-hybridized carbons (Fsp3) is 0.167. The molecule has 0 spiro atoms. The van der Waals surface area contributed by atoms with Crippen LogP contribution in [0.15, 0.2) is 34.9 Å². The molecule has 0 radical (unpaired) electrons. The Labute approximate surface area is 79.1 Å². The minimum atomic E-state index is 0.165. The second-order valence-electron chi connectivity index (χ2n) is 1.49. The molecular weight excluding hydrogens is 255 g/mol. The summed E-state index contributed by atoms with van der Waals surface area (Å²) >= 11 is 1.77. The van der Waals surface area contributed by atoms with Crippen LogP contribution in [0.3, 0.4) is 0 Å². The van der Waals surface area contributed by atoms with Crippen LogP contribution in [-0.4, -0.2) is 3.84 Å². The van der Waals surface area contributed by atoms with Crippen LogP contribution < -0.4 is 5.32 Å². The smallest absolute Gasteiger partial charge is 0.204 e. The number of nitrogens with one attached hydrogen (secondary N) is 2. The first kappa shape index (κ1) is 10.3. The highest BCUT2D eigenvalue weighted by atomic mass is 127. The summed E-state index contributed by atoms with van der Waals surface area (Å²) in [4.78, 5) is 0. The molecule has 0 bridgehead atoms. The molecule has 0 rings (SSSR count). The van der Waals surface area contributed by atoms with Crippen molar-refractivity contribution in [1.29, 1.82) is 5.41 Å². The molecule has 60 valence electrons. The third-order valence-electron chi connectivity index (χ3n) is 0.646. The van der Waals surface area contributed by atoms with E-state index in [4.69, 9.17) is 5.41 Å². The van der Waals surface area contributed by atoms with Gasteiger partial charge < -0.3 is 5.32 Å². The van der Waals surface area contributed by atoms with Crippen molar-refractivity contribution in [2.75, 3.05) is 0 Å². The first-order valence-corrected chi connectivity index (χ1v) is 4.02. The Kier molecular flexibility index (Phi) is 6.90. The third kappa shape index (κ3) is 9.28. The molecule has 5 heteroatoms. The van der Waals surface area contributed by atoms with Crippen molar-refractivity contribution in [2.24, 2.45) is 10.2 Å². The van der Waals surface area contributed by atoms with Gasteiger partial charge in [0.2, 0.25) is 3.84 Å². The minimum Gasteiger partial charge on any atom is -0.367 e. The normalized spacial score (nSPS) is 11.8. The molecule has 0 fully saturated rings. The molecule has 0 atom stereocenters. The molecule has 0 amide bonds. The van der Waals surface area contributed by atoms with E-state index in [0.29, 0.717) is 0 Å². The van der Waals surface area contributed by atoms with Crippen molar-refractivity contribution in [2.45, 2.75) is 6.92 Å². The van der Waals surface area contributed by atoms with Crippen LogP contribution in [0.25, 0.3) is 0 Å². The Bertz CT molecular complexity index is 195. The predicted octanol–water partition coefficient (Wildman–Crippen LogP) is 2.40. The summed E-state index contributed by atoms with van der Waals surface area (Å²) in [5.41, 5.74) is 0. The molecule has 0 unspecified atom stereocenters. The van der Waals surface area contributed by atoms with Gasteiger partial charge >= 0.3 is 0 Å². The van der Waals surface area contributed by atoms with Crippen molar-refractivity contribution >= 4 is 26.4 Å².